The van der Waals surface area contributed by atoms with Crippen LogP contribution in [-0.4, -0.2) is 42.7 Å². The van der Waals surface area contributed by atoms with Crippen LogP contribution in [0.15, 0.2) is 0 Å². The Labute approximate surface area is 120 Å². The number of rotatable bonds is 4. The minimum Gasteiger partial charge on any atom is -0.392 e. The molecule has 0 spiro atoms. The zero-order valence-corrected chi connectivity index (χ0v) is 11.9. The average Bonchev–Trinajstić information content (AvgIpc) is 2.95. The molecule has 1 aliphatic heterocycles. The summed E-state index contributed by atoms with van der Waals surface area (Å²) in [5.74, 6) is 0.463. The number of amides is 1. The first-order valence-corrected chi connectivity index (χ1v) is 7.90. The summed E-state index contributed by atoms with van der Waals surface area (Å²) < 4.78 is 11.3. The number of carbonyl (C=O) groups is 1. The van der Waals surface area contributed by atoms with Gasteiger partial charge in [-0.25, -0.2) is 0 Å². The molecule has 3 fully saturated rings. The Balaban J connectivity index is 1.62. The number of hydrogen-bond acceptors (Lipinski definition) is 4. The van der Waals surface area contributed by atoms with E-state index in [1.165, 1.54) is 0 Å². The van der Waals surface area contributed by atoms with Crippen molar-refractivity contribution in [2.24, 2.45) is 11.8 Å². The number of nitrogens with one attached hydrogen (secondary N) is 1. The molecule has 20 heavy (non-hydrogen) atoms. The second kappa shape index (κ2) is 6.41. The normalized spacial score (nSPS) is 42.8. The van der Waals surface area contributed by atoms with Crippen LogP contribution in [0, 0.1) is 11.8 Å². The Morgan fingerprint density at radius 3 is 2.85 bits per heavy atom. The van der Waals surface area contributed by atoms with Gasteiger partial charge in [-0.05, 0) is 38.0 Å². The summed E-state index contributed by atoms with van der Waals surface area (Å²) >= 11 is 0. The largest absolute Gasteiger partial charge is 0.392 e. The van der Waals surface area contributed by atoms with Crippen LogP contribution in [0.4, 0.5) is 0 Å². The van der Waals surface area contributed by atoms with Crippen LogP contribution in [0.5, 0.6) is 0 Å². The molecule has 0 aromatic rings. The van der Waals surface area contributed by atoms with E-state index in [1.807, 2.05) is 0 Å². The molecular weight excluding hydrogens is 258 g/mol. The standard InChI is InChI=1S/C15H25NO4/c17-8-16-11-4-1-3-10(7-11)14(18)12-5-2-6-13-15(12)20-9-19-13/h8,10-15,18H,1-7,9H2,(H,16,17)/t10?,11-,12?,13?,14?,15?/m0/s1. The number of hydrogen-bond donors (Lipinski definition) is 2. The second-order valence-corrected chi connectivity index (χ2v) is 6.45. The van der Waals surface area contributed by atoms with Crippen molar-refractivity contribution >= 4 is 6.41 Å². The van der Waals surface area contributed by atoms with E-state index in [0.717, 1.165) is 51.4 Å². The smallest absolute Gasteiger partial charge is 0.207 e. The van der Waals surface area contributed by atoms with Crippen molar-refractivity contribution < 1.29 is 19.4 Å². The van der Waals surface area contributed by atoms with Gasteiger partial charge in [0.05, 0.1) is 18.3 Å². The van der Waals surface area contributed by atoms with Crippen LogP contribution in [-0.2, 0) is 14.3 Å². The van der Waals surface area contributed by atoms with Crippen molar-refractivity contribution in [2.75, 3.05) is 6.79 Å². The summed E-state index contributed by atoms with van der Waals surface area (Å²) in [6.07, 6.45) is 7.90. The van der Waals surface area contributed by atoms with E-state index in [2.05, 4.69) is 5.32 Å². The van der Waals surface area contributed by atoms with Crippen LogP contribution in [0.2, 0.25) is 0 Å². The minimum atomic E-state index is -0.333. The molecule has 5 heteroatoms. The number of ether oxygens (including phenoxy) is 2. The van der Waals surface area contributed by atoms with Crippen molar-refractivity contribution in [2.45, 2.75) is 69.3 Å². The van der Waals surface area contributed by atoms with Gasteiger partial charge >= 0.3 is 0 Å². The number of carbonyl (C=O) groups excluding carboxylic acids is 1. The molecule has 0 radical (unpaired) electrons. The van der Waals surface area contributed by atoms with Gasteiger partial charge in [0.1, 0.15) is 6.79 Å². The molecule has 1 saturated heterocycles. The van der Waals surface area contributed by atoms with E-state index in [1.54, 1.807) is 0 Å². The SMILES string of the molecule is O=CN[C@H]1CCCC(C(O)C2CCCC3OCOC32)C1. The van der Waals surface area contributed by atoms with Gasteiger partial charge < -0.3 is 19.9 Å². The zero-order valence-electron chi connectivity index (χ0n) is 11.9. The first kappa shape index (κ1) is 14.3. The average molecular weight is 283 g/mol. The van der Waals surface area contributed by atoms with Crippen molar-refractivity contribution in [1.29, 1.82) is 0 Å². The third-order valence-electron chi connectivity index (χ3n) is 5.30. The van der Waals surface area contributed by atoms with Crippen LogP contribution in [0.3, 0.4) is 0 Å². The molecule has 114 valence electrons. The fraction of sp³-hybridized carbons (Fsp3) is 0.933. The van der Waals surface area contributed by atoms with Crippen LogP contribution in [0.25, 0.3) is 0 Å². The summed E-state index contributed by atoms with van der Waals surface area (Å²) in [7, 11) is 0. The Kier molecular flexibility index (Phi) is 4.58. The van der Waals surface area contributed by atoms with Gasteiger partial charge in [-0.3, -0.25) is 4.79 Å². The predicted molar refractivity (Wildman–Crippen MR) is 72.9 cm³/mol. The number of aliphatic hydroxyl groups is 1. The van der Waals surface area contributed by atoms with Crippen LogP contribution in [0.1, 0.15) is 44.9 Å². The molecule has 0 aromatic heterocycles. The summed E-state index contributed by atoms with van der Waals surface area (Å²) in [5, 5.41) is 13.7. The fourth-order valence-corrected chi connectivity index (χ4v) is 4.27. The highest BCUT2D eigenvalue weighted by molar-refractivity contribution is 5.46. The highest BCUT2D eigenvalue weighted by Crippen LogP contribution is 2.39. The van der Waals surface area contributed by atoms with Gasteiger partial charge in [-0.15, -0.1) is 0 Å². The van der Waals surface area contributed by atoms with Gasteiger partial charge in [0.25, 0.3) is 0 Å². The van der Waals surface area contributed by atoms with Crippen molar-refractivity contribution in [3.05, 3.63) is 0 Å². The molecule has 0 bridgehead atoms. The van der Waals surface area contributed by atoms with Gasteiger partial charge in [0.15, 0.2) is 0 Å². The van der Waals surface area contributed by atoms with E-state index in [4.69, 9.17) is 9.47 Å². The maximum Gasteiger partial charge on any atom is 0.207 e. The predicted octanol–water partition coefficient (Wildman–Crippen LogP) is 1.19. The number of fused-ring (bicyclic) bond motifs is 1. The van der Waals surface area contributed by atoms with Gasteiger partial charge in [-0.1, -0.05) is 12.8 Å². The maximum absolute atomic E-state index is 10.8. The molecule has 3 rings (SSSR count). The third kappa shape index (κ3) is 2.85. The lowest BCUT2D eigenvalue weighted by Gasteiger charge is -2.40. The van der Waals surface area contributed by atoms with Crippen molar-refractivity contribution in [1.82, 2.24) is 5.32 Å². The highest BCUT2D eigenvalue weighted by atomic mass is 16.7. The van der Waals surface area contributed by atoms with E-state index < -0.39 is 0 Å². The van der Waals surface area contributed by atoms with E-state index in [-0.39, 0.29) is 36.2 Å². The van der Waals surface area contributed by atoms with Gasteiger partial charge in [0, 0.05) is 12.0 Å². The minimum absolute atomic E-state index is 0.0677. The molecule has 6 atom stereocenters. The van der Waals surface area contributed by atoms with Gasteiger partial charge in [-0.2, -0.15) is 0 Å². The summed E-state index contributed by atoms with van der Waals surface area (Å²) in [6, 6.07) is 0.223. The molecule has 5 unspecified atom stereocenters. The molecule has 2 aliphatic carbocycles. The first-order chi connectivity index (χ1) is 9.79. The van der Waals surface area contributed by atoms with E-state index in [0.29, 0.717) is 6.79 Å². The summed E-state index contributed by atoms with van der Waals surface area (Å²) in [4.78, 5) is 10.6. The van der Waals surface area contributed by atoms with Crippen molar-refractivity contribution in [3.8, 4) is 0 Å². The van der Waals surface area contributed by atoms with Gasteiger partial charge in [0.2, 0.25) is 6.41 Å². The highest BCUT2D eigenvalue weighted by Gasteiger charge is 2.44. The molecule has 3 aliphatic rings. The zero-order chi connectivity index (χ0) is 13.9. The molecule has 2 saturated carbocycles. The van der Waals surface area contributed by atoms with Crippen LogP contribution < -0.4 is 5.32 Å². The monoisotopic (exact) mass is 283 g/mol. The quantitative estimate of drug-likeness (QED) is 0.761. The Hall–Kier alpha value is -0.650. The Morgan fingerprint density at radius 2 is 2.00 bits per heavy atom. The maximum atomic E-state index is 10.8. The van der Waals surface area contributed by atoms with E-state index in [9.17, 15) is 9.90 Å². The number of aliphatic hydroxyl groups excluding tert-OH is 1. The van der Waals surface area contributed by atoms with E-state index >= 15 is 0 Å². The topological polar surface area (TPSA) is 67.8 Å². The summed E-state index contributed by atoms with van der Waals surface area (Å²) in [6.45, 7) is 0.374. The third-order valence-corrected chi connectivity index (χ3v) is 5.30. The van der Waals surface area contributed by atoms with Crippen LogP contribution >= 0.6 is 0 Å². The Bertz CT molecular complexity index is 338. The lowest BCUT2D eigenvalue weighted by atomic mass is 9.72. The fourth-order valence-electron chi connectivity index (χ4n) is 4.27. The summed E-state index contributed by atoms with van der Waals surface area (Å²) in [5.41, 5.74) is 0. The Morgan fingerprint density at radius 1 is 1.15 bits per heavy atom. The second-order valence-electron chi connectivity index (χ2n) is 6.45. The lowest BCUT2D eigenvalue weighted by molar-refractivity contribution is -0.110. The van der Waals surface area contributed by atoms with Crippen molar-refractivity contribution in [3.63, 3.8) is 0 Å². The lowest BCUT2D eigenvalue weighted by Crippen LogP contribution is -2.46. The molecular formula is C15H25NO4. The molecule has 1 amide bonds. The molecule has 5 nitrogen and oxygen atoms in total. The first-order valence-electron chi connectivity index (χ1n) is 7.90. The molecule has 0 aromatic carbocycles. The molecule has 1 heterocycles. The molecule has 2 N–H and O–H groups in total.